The topological polar surface area (TPSA) is 40.5 Å². The Labute approximate surface area is 128 Å². The van der Waals surface area contributed by atoms with E-state index < -0.39 is 0 Å². The van der Waals surface area contributed by atoms with Crippen molar-refractivity contribution in [3.63, 3.8) is 0 Å². The van der Waals surface area contributed by atoms with Gasteiger partial charge in [0.15, 0.2) is 0 Å². The van der Waals surface area contributed by atoms with E-state index in [2.05, 4.69) is 19.1 Å². The molecule has 1 heterocycles. The van der Waals surface area contributed by atoms with Gasteiger partial charge in [-0.15, -0.1) is 11.8 Å². The molecule has 1 fully saturated rings. The smallest absolute Gasteiger partial charge is 0.234 e. The zero-order valence-electron chi connectivity index (χ0n) is 11.8. The Morgan fingerprint density at radius 2 is 1.81 bits per heavy atom. The molecule has 0 aliphatic carbocycles. The van der Waals surface area contributed by atoms with Crippen molar-refractivity contribution in [3.05, 3.63) is 65.7 Å². The number of hydrogen-bond donors (Lipinski definition) is 1. The molecular weight excluding hydrogens is 282 g/mol. The molecule has 108 valence electrons. The molecule has 1 amide bonds. The van der Waals surface area contributed by atoms with E-state index in [4.69, 9.17) is 0 Å². The molecule has 0 radical (unpaired) electrons. The van der Waals surface area contributed by atoms with Crippen molar-refractivity contribution >= 4 is 17.7 Å². The van der Waals surface area contributed by atoms with Gasteiger partial charge in [-0.1, -0.05) is 42.5 Å². The van der Waals surface area contributed by atoms with Gasteiger partial charge in [0.25, 0.3) is 0 Å². The number of carbonyl (C=O) groups excluding carboxylic acids is 1. The second kappa shape index (κ2) is 5.82. The molecule has 1 N–H and O–H groups in total. The minimum atomic E-state index is 0.00769. The first-order chi connectivity index (χ1) is 10.2. The van der Waals surface area contributed by atoms with Gasteiger partial charge in [0, 0.05) is 0 Å². The number of thioether (sulfide) groups is 1. The fourth-order valence-corrected chi connectivity index (χ4v) is 3.90. The van der Waals surface area contributed by atoms with Crippen molar-refractivity contribution in [1.82, 2.24) is 4.90 Å². The Balaban J connectivity index is 1.91. The lowest BCUT2D eigenvalue weighted by Gasteiger charge is -2.30. The van der Waals surface area contributed by atoms with Crippen molar-refractivity contribution in [3.8, 4) is 5.75 Å². The van der Waals surface area contributed by atoms with Gasteiger partial charge in [-0.05, 0) is 30.2 Å². The van der Waals surface area contributed by atoms with Crippen LogP contribution in [0.5, 0.6) is 5.75 Å². The van der Waals surface area contributed by atoms with Crippen LogP contribution in [0, 0.1) is 0 Å². The van der Waals surface area contributed by atoms with Crippen LogP contribution in [0.25, 0.3) is 0 Å². The molecule has 4 heteroatoms. The normalized spacial score (nSPS) is 19.8. The second-order valence-electron chi connectivity index (χ2n) is 5.14. The van der Waals surface area contributed by atoms with Crippen LogP contribution in [0.15, 0.2) is 54.6 Å². The maximum Gasteiger partial charge on any atom is 0.234 e. The minimum Gasteiger partial charge on any atom is -0.508 e. The molecule has 0 unspecified atom stereocenters. The largest absolute Gasteiger partial charge is 0.508 e. The van der Waals surface area contributed by atoms with Crippen LogP contribution in [0.2, 0.25) is 0 Å². The quantitative estimate of drug-likeness (QED) is 0.939. The first-order valence-corrected chi connectivity index (χ1v) is 7.98. The molecule has 0 aromatic heterocycles. The lowest BCUT2D eigenvalue weighted by atomic mass is 10.1. The maximum atomic E-state index is 12.3. The highest BCUT2D eigenvalue weighted by Crippen LogP contribution is 2.43. The Morgan fingerprint density at radius 1 is 1.14 bits per heavy atom. The highest BCUT2D eigenvalue weighted by atomic mass is 32.2. The van der Waals surface area contributed by atoms with Crippen LogP contribution in [-0.2, 0) is 4.79 Å². The number of rotatable bonds is 3. The van der Waals surface area contributed by atoms with Crippen LogP contribution < -0.4 is 0 Å². The number of benzene rings is 2. The van der Waals surface area contributed by atoms with E-state index in [0.717, 1.165) is 11.1 Å². The fraction of sp³-hybridized carbons (Fsp3) is 0.235. The average molecular weight is 299 g/mol. The van der Waals surface area contributed by atoms with E-state index in [9.17, 15) is 9.90 Å². The van der Waals surface area contributed by atoms with Gasteiger partial charge in [-0.3, -0.25) is 4.79 Å². The van der Waals surface area contributed by atoms with Gasteiger partial charge in [0.1, 0.15) is 11.1 Å². The van der Waals surface area contributed by atoms with Gasteiger partial charge in [-0.2, -0.15) is 0 Å². The second-order valence-corrected chi connectivity index (χ2v) is 6.21. The summed E-state index contributed by atoms with van der Waals surface area (Å²) in [6.45, 7) is 2.06. The molecule has 1 saturated heterocycles. The third-order valence-electron chi connectivity index (χ3n) is 3.78. The average Bonchev–Trinajstić information content (AvgIpc) is 2.90. The van der Waals surface area contributed by atoms with Crippen LogP contribution in [0.3, 0.4) is 0 Å². The fourth-order valence-electron chi connectivity index (χ4n) is 2.64. The molecule has 1 aliphatic rings. The summed E-state index contributed by atoms with van der Waals surface area (Å²) in [6, 6.07) is 17.2. The molecule has 0 spiro atoms. The number of phenols is 1. The van der Waals surface area contributed by atoms with Gasteiger partial charge in [0.2, 0.25) is 5.91 Å². The number of phenolic OH excluding ortho intramolecular Hbond substituents is 1. The number of aromatic hydroxyl groups is 1. The SMILES string of the molecule is C[C@H](c1ccccc1)N1C(=O)CS[C@H]1c1ccc(O)cc1. The summed E-state index contributed by atoms with van der Waals surface area (Å²) in [4.78, 5) is 14.2. The Morgan fingerprint density at radius 3 is 2.48 bits per heavy atom. The number of hydrogen-bond acceptors (Lipinski definition) is 3. The predicted molar refractivity (Wildman–Crippen MR) is 85.0 cm³/mol. The van der Waals surface area contributed by atoms with E-state index in [1.165, 1.54) is 0 Å². The third-order valence-corrected chi connectivity index (χ3v) is 5.01. The summed E-state index contributed by atoms with van der Waals surface area (Å²) >= 11 is 1.64. The monoisotopic (exact) mass is 299 g/mol. The van der Waals surface area contributed by atoms with Gasteiger partial charge in [-0.25, -0.2) is 0 Å². The lowest BCUT2D eigenvalue weighted by Crippen LogP contribution is -2.31. The standard InChI is InChI=1S/C17H17NO2S/c1-12(13-5-3-2-4-6-13)18-16(20)11-21-17(18)14-7-9-15(19)10-8-14/h2-10,12,17,19H,11H2,1H3/t12-,17+/m1/s1. The van der Waals surface area contributed by atoms with E-state index in [1.807, 2.05) is 35.2 Å². The molecule has 0 bridgehead atoms. The molecule has 2 aromatic carbocycles. The van der Waals surface area contributed by atoms with E-state index >= 15 is 0 Å². The van der Waals surface area contributed by atoms with Crippen molar-refractivity contribution < 1.29 is 9.90 Å². The molecule has 1 aliphatic heterocycles. The first-order valence-electron chi connectivity index (χ1n) is 6.93. The summed E-state index contributed by atoms with van der Waals surface area (Å²) in [5.74, 6) is 0.910. The van der Waals surface area contributed by atoms with Crippen LogP contribution in [0.4, 0.5) is 0 Å². The number of amides is 1. The van der Waals surface area contributed by atoms with Crippen LogP contribution >= 0.6 is 11.8 Å². The maximum absolute atomic E-state index is 12.3. The summed E-state index contributed by atoms with van der Waals surface area (Å²) in [6.07, 6.45) is 0. The summed E-state index contributed by atoms with van der Waals surface area (Å²) < 4.78 is 0. The van der Waals surface area contributed by atoms with Gasteiger partial charge < -0.3 is 10.0 Å². The first kappa shape index (κ1) is 14.0. The summed E-state index contributed by atoms with van der Waals surface area (Å²) in [5, 5.41) is 9.42. The predicted octanol–water partition coefficient (Wildman–Crippen LogP) is 3.73. The molecule has 21 heavy (non-hydrogen) atoms. The Bertz CT molecular complexity index is 627. The van der Waals surface area contributed by atoms with Crippen molar-refractivity contribution in [2.45, 2.75) is 18.3 Å². The van der Waals surface area contributed by atoms with Crippen molar-refractivity contribution in [1.29, 1.82) is 0 Å². The summed E-state index contributed by atoms with van der Waals surface area (Å²) in [5.41, 5.74) is 2.18. The zero-order valence-corrected chi connectivity index (χ0v) is 12.6. The van der Waals surface area contributed by atoms with E-state index in [1.54, 1.807) is 23.9 Å². The van der Waals surface area contributed by atoms with Crippen LogP contribution in [0.1, 0.15) is 29.5 Å². The zero-order chi connectivity index (χ0) is 14.8. The molecule has 2 atom stereocenters. The molecular formula is C17H17NO2S. The van der Waals surface area contributed by atoms with Gasteiger partial charge >= 0.3 is 0 Å². The van der Waals surface area contributed by atoms with Crippen molar-refractivity contribution in [2.24, 2.45) is 0 Å². The summed E-state index contributed by atoms with van der Waals surface area (Å²) in [7, 11) is 0. The van der Waals surface area contributed by atoms with E-state index in [0.29, 0.717) is 5.75 Å². The lowest BCUT2D eigenvalue weighted by molar-refractivity contribution is -0.130. The number of carbonyl (C=O) groups is 1. The highest BCUT2D eigenvalue weighted by molar-refractivity contribution is 8.00. The highest BCUT2D eigenvalue weighted by Gasteiger charge is 2.36. The van der Waals surface area contributed by atoms with Crippen LogP contribution in [-0.4, -0.2) is 21.7 Å². The Kier molecular flexibility index (Phi) is 3.88. The van der Waals surface area contributed by atoms with E-state index in [-0.39, 0.29) is 23.1 Å². The third kappa shape index (κ3) is 2.76. The Hall–Kier alpha value is -1.94. The van der Waals surface area contributed by atoms with Gasteiger partial charge in [0.05, 0.1) is 11.8 Å². The molecule has 0 saturated carbocycles. The molecule has 3 rings (SSSR count). The molecule has 3 nitrogen and oxygen atoms in total. The minimum absolute atomic E-state index is 0.00769. The van der Waals surface area contributed by atoms with Crippen molar-refractivity contribution in [2.75, 3.05) is 5.75 Å². The number of nitrogens with zero attached hydrogens (tertiary/aromatic N) is 1. The molecule has 2 aromatic rings.